The van der Waals surface area contributed by atoms with E-state index in [0.717, 1.165) is 15.7 Å². The molecule has 0 spiro atoms. The van der Waals surface area contributed by atoms with Crippen molar-refractivity contribution in [2.75, 3.05) is 0 Å². The molecular weight excluding hydrogens is 204 g/mol. The lowest BCUT2D eigenvalue weighted by Crippen LogP contribution is -1.91. The van der Waals surface area contributed by atoms with Crippen molar-refractivity contribution < 1.29 is 0 Å². The van der Waals surface area contributed by atoms with Crippen molar-refractivity contribution in [1.82, 2.24) is 4.98 Å². The van der Waals surface area contributed by atoms with Gasteiger partial charge in [-0.25, -0.2) is 4.98 Å². The van der Waals surface area contributed by atoms with E-state index in [1.54, 1.807) is 0 Å². The zero-order valence-corrected chi connectivity index (χ0v) is 7.94. The van der Waals surface area contributed by atoms with E-state index in [-0.39, 0.29) is 0 Å². The monoisotopic (exact) mass is 210 g/mol. The summed E-state index contributed by atoms with van der Waals surface area (Å²) in [6.07, 6.45) is 0. The standard InChI is InChI=1S/C8H7BrN2/c1-5-3-7(9)8(4-10)11-6(5)2/h3H,1-2H3. The van der Waals surface area contributed by atoms with Gasteiger partial charge in [-0.3, -0.25) is 0 Å². The average Bonchev–Trinajstić information content (AvgIpc) is 1.97. The molecular formula is C8H7BrN2. The Balaban J connectivity index is 3.35. The van der Waals surface area contributed by atoms with Gasteiger partial charge in [-0.1, -0.05) is 0 Å². The number of nitriles is 1. The Kier molecular flexibility index (Phi) is 2.25. The van der Waals surface area contributed by atoms with E-state index < -0.39 is 0 Å². The van der Waals surface area contributed by atoms with Gasteiger partial charge in [-0.15, -0.1) is 0 Å². The first kappa shape index (κ1) is 8.22. The van der Waals surface area contributed by atoms with Gasteiger partial charge in [0.25, 0.3) is 0 Å². The van der Waals surface area contributed by atoms with Crippen LogP contribution in [-0.2, 0) is 0 Å². The lowest BCUT2D eigenvalue weighted by molar-refractivity contribution is 1.11. The first-order valence-corrected chi connectivity index (χ1v) is 3.98. The molecule has 1 heterocycles. The second-order valence-corrected chi connectivity index (χ2v) is 3.19. The van der Waals surface area contributed by atoms with Crippen LogP contribution in [0.15, 0.2) is 10.5 Å². The van der Waals surface area contributed by atoms with Gasteiger partial charge >= 0.3 is 0 Å². The third-order valence-electron chi connectivity index (χ3n) is 1.53. The summed E-state index contributed by atoms with van der Waals surface area (Å²) >= 11 is 3.26. The molecule has 0 radical (unpaired) electrons. The van der Waals surface area contributed by atoms with Gasteiger partial charge < -0.3 is 0 Å². The minimum atomic E-state index is 0.452. The summed E-state index contributed by atoms with van der Waals surface area (Å²) in [4.78, 5) is 4.08. The van der Waals surface area contributed by atoms with Gasteiger partial charge in [0.2, 0.25) is 0 Å². The van der Waals surface area contributed by atoms with Crippen LogP contribution in [0.1, 0.15) is 17.0 Å². The molecule has 0 aromatic carbocycles. The van der Waals surface area contributed by atoms with Gasteiger partial charge in [0, 0.05) is 5.69 Å². The number of hydrogen-bond donors (Lipinski definition) is 0. The number of hydrogen-bond acceptors (Lipinski definition) is 2. The first-order chi connectivity index (χ1) is 5.15. The Morgan fingerprint density at radius 3 is 2.73 bits per heavy atom. The minimum absolute atomic E-state index is 0.452. The minimum Gasteiger partial charge on any atom is -0.241 e. The van der Waals surface area contributed by atoms with Gasteiger partial charge in [-0.05, 0) is 41.4 Å². The fourth-order valence-corrected chi connectivity index (χ4v) is 1.27. The molecule has 0 aliphatic heterocycles. The molecule has 1 rings (SSSR count). The molecule has 1 aromatic rings. The average molecular weight is 211 g/mol. The molecule has 0 N–H and O–H groups in total. The Morgan fingerprint density at radius 1 is 1.55 bits per heavy atom. The maximum absolute atomic E-state index is 8.59. The molecule has 3 heteroatoms. The van der Waals surface area contributed by atoms with E-state index in [1.807, 2.05) is 26.0 Å². The number of rotatable bonds is 0. The summed E-state index contributed by atoms with van der Waals surface area (Å²) in [6, 6.07) is 3.91. The Labute approximate surface area is 74.0 Å². The van der Waals surface area contributed by atoms with Crippen molar-refractivity contribution in [2.45, 2.75) is 13.8 Å². The van der Waals surface area contributed by atoms with Crippen molar-refractivity contribution in [1.29, 1.82) is 5.26 Å². The van der Waals surface area contributed by atoms with Crippen LogP contribution < -0.4 is 0 Å². The van der Waals surface area contributed by atoms with Crippen LogP contribution in [-0.4, -0.2) is 4.98 Å². The highest BCUT2D eigenvalue weighted by molar-refractivity contribution is 9.10. The second-order valence-electron chi connectivity index (χ2n) is 2.33. The van der Waals surface area contributed by atoms with E-state index in [4.69, 9.17) is 5.26 Å². The van der Waals surface area contributed by atoms with E-state index >= 15 is 0 Å². The number of pyridine rings is 1. The first-order valence-electron chi connectivity index (χ1n) is 3.19. The van der Waals surface area contributed by atoms with E-state index in [9.17, 15) is 0 Å². The lowest BCUT2D eigenvalue weighted by atomic mass is 10.2. The van der Waals surface area contributed by atoms with Crippen molar-refractivity contribution in [3.63, 3.8) is 0 Å². The summed E-state index contributed by atoms with van der Waals surface area (Å²) in [5, 5.41) is 8.59. The Morgan fingerprint density at radius 2 is 2.18 bits per heavy atom. The summed E-state index contributed by atoms with van der Waals surface area (Å²) in [5.74, 6) is 0. The zero-order chi connectivity index (χ0) is 8.43. The van der Waals surface area contributed by atoms with E-state index in [1.165, 1.54) is 0 Å². The fourth-order valence-electron chi connectivity index (χ4n) is 0.751. The maximum atomic E-state index is 8.59. The summed E-state index contributed by atoms with van der Waals surface area (Å²) in [6.45, 7) is 3.86. The lowest BCUT2D eigenvalue weighted by Gasteiger charge is -2.00. The molecule has 0 amide bonds. The predicted molar refractivity (Wildman–Crippen MR) is 46.1 cm³/mol. The van der Waals surface area contributed by atoms with E-state index in [0.29, 0.717) is 5.69 Å². The molecule has 0 unspecified atom stereocenters. The Hall–Kier alpha value is -0.880. The van der Waals surface area contributed by atoms with Crippen LogP contribution in [0.3, 0.4) is 0 Å². The molecule has 0 aliphatic rings. The van der Waals surface area contributed by atoms with Crippen LogP contribution in [0, 0.1) is 25.2 Å². The quantitative estimate of drug-likeness (QED) is 0.660. The van der Waals surface area contributed by atoms with Crippen LogP contribution >= 0.6 is 15.9 Å². The van der Waals surface area contributed by atoms with Gasteiger partial charge in [-0.2, -0.15) is 5.26 Å². The molecule has 0 bridgehead atoms. The summed E-state index contributed by atoms with van der Waals surface area (Å²) in [7, 11) is 0. The third-order valence-corrected chi connectivity index (χ3v) is 2.13. The van der Waals surface area contributed by atoms with Gasteiger partial charge in [0.15, 0.2) is 5.69 Å². The molecule has 0 saturated carbocycles. The van der Waals surface area contributed by atoms with Crippen molar-refractivity contribution in [3.05, 3.63) is 27.5 Å². The van der Waals surface area contributed by atoms with Crippen LogP contribution in [0.4, 0.5) is 0 Å². The molecule has 1 aromatic heterocycles. The van der Waals surface area contributed by atoms with Crippen LogP contribution in [0.25, 0.3) is 0 Å². The maximum Gasteiger partial charge on any atom is 0.154 e. The van der Waals surface area contributed by atoms with Gasteiger partial charge in [0.05, 0.1) is 4.47 Å². The number of aromatic nitrogens is 1. The summed E-state index contributed by atoms with van der Waals surface area (Å²) < 4.78 is 0.767. The molecule has 0 saturated heterocycles. The summed E-state index contributed by atoms with van der Waals surface area (Å²) in [5.41, 5.74) is 2.45. The highest BCUT2D eigenvalue weighted by atomic mass is 79.9. The number of aryl methyl sites for hydroxylation is 2. The molecule has 0 aliphatic carbocycles. The normalized spacial score (nSPS) is 9.27. The number of nitrogens with zero attached hydrogens (tertiary/aromatic N) is 2. The largest absolute Gasteiger partial charge is 0.241 e. The topological polar surface area (TPSA) is 36.7 Å². The van der Waals surface area contributed by atoms with Crippen LogP contribution in [0.5, 0.6) is 0 Å². The second kappa shape index (κ2) is 3.02. The van der Waals surface area contributed by atoms with E-state index in [2.05, 4.69) is 20.9 Å². The van der Waals surface area contributed by atoms with Crippen LogP contribution in [0.2, 0.25) is 0 Å². The molecule has 0 atom stereocenters. The zero-order valence-electron chi connectivity index (χ0n) is 6.35. The van der Waals surface area contributed by atoms with Gasteiger partial charge in [0.1, 0.15) is 6.07 Å². The third kappa shape index (κ3) is 1.58. The predicted octanol–water partition coefficient (Wildman–Crippen LogP) is 2.33. The number of halogens is 1. The highest BCUT2D eigenvalue weighted by Crippen LogP contribution is 2.16. The molecule has 2 nitrogen and oxygen atoms in total. The SMILES string of the molecule is Cc1cc(Br)c(C#N)nc1C. The fraction of sp³-hybridized carbons (Fsp3) is 0.250. The highest BCUT2D eigenvalue weighted by Gasteiger charge is 2.02. The van der Waals surface area contributed by atoms with Crippen molar-refractivity contribution in [3.8, 4) is 6.07 Å². The molecule has 56 valence electrons. The van der Waals surface area contributed by atoms with Crippen molar-refractivity contribution in [2.24, 2.45) is 0 Å². The smallest absolute Gasteiger partial charge is 0.154 e. The molecule has 0 fully saturated rings. The Bertz CT molecular complexity index is 326. The molecule has 11 heavy (non-hydrogen) atoms. The van der Waals surface area contributed by atoms with Crippen molar-refractivity contribution >= 4 is 15.9 Å².